The van der Waals surface area contributed by atoms with Crippen LogP contribution in [-0.2, 0) is 13.0 Å². The Morgan fingerprint density at radius 2 is 1.82 bits per heavy atom. The van der Waals surface area contributed by atoms with Crippen molar-refractivity contribution in [2.75, 3.05) is 13.2 Å². The van der Waals surface area contributed by atoms with Gasteiger partial charge in [-0.25, -0.2) is 4.98 Å². The number of ether oxygens (including phenoxy) is 1. The molecular formula is C27H27BrClN3O2. The van der Waals surface area contributed by atoms with E-state index in [9.17, 15) is 4.79 Å². The molecule has 0 bridgehead atoms. The molecule has 0 fully saturated rings. The molecule has 7 heteroatoms. The van der Waals surface area contributed by atoms with Gasteiger partial charge in [-0.3, -0.25) is 4.79 Å². The Labute approximate surface area is 213 Å². The molecule has 1 amide bonds. The Balaban J connectivity index is 1.30. The normalized spacial score (nSPS) is 11.0. The lowest BCUT2D eigenvalue weighted by Gasteiger charge is -2.11. The van der Waals surface area contributed by atoms with Crippen LogP contribution in [0.1, 0.15) is 35.4 Å². The molecule has 0 aliphatic carbocycles. The van der Waals surface area contributed by atoms with E-state index in [-0.39, 0.29) is 5.91 Å². The van der Waals surface area contributed by atoms with Gasteiger partial charge in [0.2, 0.25) is 0 Å². The molecule has 34 heavy (non-hydrogen) atoms. The van der Waals surface area contributed by atoms with Gasteiger partial charge < -0.3 is 14.6 Å². The number of para-hydroxylation sites is 3. The summed E-state index contributed by atoms with van der Waals surface area (Å²) in [7, 11) is 0. The summed E-state index contributed by atoms with van der Waals surface area (Å²) in [6.07, 6.45) is 3.50. The summed E-state index contributed by atoms with van der Waals surface area (Å²) in [6, 6.07) is 23.2. The van der Waals surface area contributed by atoms with Crippen LogP contribution in [0.4, 0.5) is 0 Å². The summed E-state index contributed by atoms with van der Waals surface area (Å²) in [4.78, 5) is 17.2. The molecule has 4 rings (SSSR count). The number of carbonyl (C=O) groups is 1. The van der Waals surface area contributed by atoms with Crippen LogP contribution in [-0.4, -0.2) is 28.6 Å². The standard InChI is InChI=1S/C27H27BrClN3O2/c28-21-10-7-9-20(19-21)27(33)30-16-8-15-26-31-23-12-2-3-13-24(23)32(26)17-5-6-18-34-25-14-4-1-11-22(25)29/h1-4,7,9-14,19H,5-6,8,15-18H2,(H,30,33). The number of nitrogens with one attached hydrogen (secondary N) is 1. The van der Waals surface area contributed by atoms with Crippen molar-refractivity contribution in [3.05, 3.63) is 93.7 Å². The fourth-order valence-electron chi connectivity index (χ4n) is 3.86. The summed E-state index contributed by atoms with van der Waals surface area (Å²) >= 11 is 9.57. The summed E-state index contributed by atoms with van der Waals surface area (Å²) in [5, 5.41) is 3.64. The maximum Gasteiger partial charge on any atom is 0.251 e. The van der Waals surface area contributed by atoms with Crippen molar-refractivity contribution < 1.29 is 9.53 Å². The molecule has 0 unspecified atom stereocenters. The molecule has 0 aliphatic heterocycles. The zero-order chi connectivity index (χ0) is 23.8. The van der Waals surface area contributed by atoms with Crippen molar-refractivity contribution in [3.8, 4) is 5.75 Å². The third-order valence-corrected chi connectivity index (χ3v) is 6.36. The highest BCUT2D eigenvalue weighted by Gasteiger charge is 2.11. The molecule has 3 aromatic carbocycles. The fraction of sp³-hybridized carbons (Fsp3) is 0.259. The van der Waals surface area contributed by atoms with Gasteiger partial charge in [0.15, 0.2) is 0 Å². The second-order valence-electron chi connectivity index (χ2n) is 8.02. The minimum atomic E-state index is -0.0617. The molecule has 1 heterocycles. The average molecular weight is 541 g/mol. The van der Waals surface area contributed by atoms with Crippen molar-refractivity contribution in [3.63, 3.8) is 0 Å². The molecule has 1 aromatic heterocycles. The zero-order valence-corrected chi connectivity index (χ0v) is 21.2. The molecule has 0 aliphatic rings. The molecule has 0 spiro atoms. The average Bonchev–Trinajstić information content (AvgIpc) is 3.20. The first-order chi connectivity index (χ1) is 16.6. The van der Waals surface area contributed by atoms with Gasteiger partial charge in [0.25, 0.3) is 5.91 Å². The highest BCUT2D eigenvalue weighted by atomic mass is 79.9. The number of hydrogen-bond acceptors (Lipinski definition) is 3. The summed E-state index contributed by atoms with van der Waals surface area (Å²) in [5.41, 5.74) is 2.80. The predicted octanol–water partition coefficient (Wildman–Crippen LogP) is 6.67. The molecule has 0 saturated carbocycles. The van der Waals surface area contributed by atoms with Crippen LogP contribution in [0.25, 0.3) is 11.0 Å². The lowest BCUT2D eigenvalue weighted by molar-refractivity contribution is 0.0953. The van der Waals surface area contributed by atoms with Crippen LogP contribution in [0.2, 0.25) is 5.02 Å². The van der Waals surface area contributed by atoms with E-state index in [0.29, 0.717) is 23.7 Å². The van der Waals surface area contributed by atoms with E-state index < -0.39 is 0 Å². The second kappa shape index (κ2) is 12.0. The third kappa shape index (κ3) is 6.39. The molecule has 5 nitrogen and oxygen atoms in total. The number of hydrogen-bond donors (Lipinski definition) is 1. The molecule has 176 valence electrons. The van der Waals surface area contributed by atoms with E-state index in [1.165, 1.54) is 0 Å². The highest BCUT2D eigenvalue weighted by molar-refractivity contribution is 9.10. The Hall–Kier alpha value is -2.83. The van der Waals surface area contributed by atoms with Crippen molar-refractivity contribution in [1.29, 1.82) is 0 Å². The Morgan fingerprint density at radius 1 is 1.00 bits per heavy atom. The van der Waals surface area contributed by atoms with E-state index in [0.717, 1.165) is 59.3 Å². The predicted molar refractivity (Wildman–Crippen MR) is 141 cm³/mol. The van der Waals surface area contributed by atoms with Gasteiger partial charge in [-0.2, -0.15) is 0 Å². The Bertz CT molecular complexity index is 1260. The molecule has 0 saturated heterocycles. The summed E-state index contributed by atoms with van der Waals surface area (Å²) < 4.78 is 9.01. The fourth-order valence-corrected chi connectivity index (χ4v) is 4.45. The number of imidazole rings is 1. The van der Waals surface area contributed by atoms with E-state index in [2.05, 4.69) is 31.9 Å². The number of aromatic nitrogens is 2. The number of aryl methyl sites for hydroxylation is 2. The number of carbonyl (C=O) groups excluding carboxylic acids is 1. The molecule has 1 N–H and O–H groups in total. The topological polar surface area (TPSA) is 56.2 Å². The lowest BCUT2D eigenvalue weighted by atomic mass is 10.2. The van der Waals surface area contributed by atoms with Crippen molar-refractivity contribution >= 4 is 44.5 Å². The number of halogens is 2. The van der Waals surface area contributed by atoms with E-state index in [1.54, 1.807) is 0 Å². The number of amides is 1. The van der Waals surface area contributed by atoms with Crippen molar-refractivity contribution in [1.82, 2.24) is 14.9 Å². The van der Waals surface area contributed by atoms with Crippen LogP contribution in [0.15, 0.2) is 77.3 Å². The summed E-state index contributed by atoms with van der Waals surface area (Å²) in [5.74, 6) is 1.71. The first-order valence-electron chi connectivity index (χ1n) is 11.5. The first kappa shape index (κ1) is 24.3. The minimum absolute atomic E-state index is 0.0617. The third-order valence-electron chi connectivity index (χ3n) is 5.55. The first-order valence-corrected chi connectivity index (χ1v) is 12.6. The van der Waals surface area contributed by atoms with Crippen molar-refractivity contribution in [2.24, 2.45) is 0 Å². The van der Waals surface area contributed by atoms with Gasteiger partial charge in [-0.1, -0.05) is 57.9 Å². The van der Waals surface area contributed by atoms with E-state index >= 15 is 0 Å². The number of fused-ring (bicyclic) bond motifs is 1. The molecule has 0 atom stereocenters. The quantitative estimate of drug-likeness (QED) is 0.216. The van der Waals surface area contributed by atoms with Gasteiger partial charge in [0.1, 0.15) is 11.6 Å². The van der Waals surface area contributed by atoms with Crippen LogP contribution in [0.5, 0.6) is 5.75 Å². The van der Waals surface area contributed by atoms with Crippen molar-refractivity contribution in [2.45, 2.75) is 32.2 Å². The summed E-state index contributed by atoms with van der Waals surface area (Å²) in [6.45, 7) is 2.08. The van der Waals surface area contributed by atoms with Gasteiger partial charge in [-0.15, -0.1) is 0 Å². The molecule has 4 aromatic rings. The second-order valence-corrected chi connectivity index (χ2v) is 9.35. The van der Waals surface area contributed by atoms with E-state index in [4.69, 9.17) is 21.3 Å². The van der Waals surface area contributed by atoms with Crippen LogP contribution < -0.4 is 10.1 Å². The van der Waals surface area contributed by atoms with Crippen LogP contribution >= 0.6 is 27.5 Å². The molecular weight excluding hydrogens is 514 g/mol. The minimum Gasteiger partial charge on any atom is -0.492 e. The zero-order valence-electron chi connectivity index (χ0n) is 18.8. The van der Waals surface area contributed by atoms with Gasteiger partial charge in [-0.05, 0) is 61.7 Å². The monoisotopic (exact) mass is 539 g/mol. The Kier molecular flexibility index (Phi) is 8.61. The maximum absolute atomic E-state index is 12.4. The number of rotatable bonds is 11. The highest BCUT2D eigenvalue weighted by Crippen LogP contribution is 2.23. The van der Waals surface area contributed by atoms with Crippen LogP contribution in [0, 0.1) is 0 Å². The smallest absolute Gasteiger partial charge is 0.251 e. The van der Waals surface area contributed by atoms with Gasteiger partial charge in [0, 0.05) is 29.5 Å². The van der Waals surface area contributed by atoms with Gasteiger partial charge >= 0.3 is 0 Å². The van der Waals surface area contributed by atoms with Crippen LogP contribution in [0.3, 0.4) is 0 Å². The van der Waals surface area contributed by atoms with E-state index in [1.807, 2.05) is 66.7 Å². The maximum atomic E-state index is 12.4. The lowest BCUT2D eigenvalue weighted by Crippen LogP contribution is -2.25. The Morgan fingerprint density at radius 3 is 2.68 bits per heavy atom. The number of nitrogens with zero attached hydrogens (tertiary/aromatic N) is 2. The molecule has 0 radical (unpaired) electrons. The number of benzene rings is 3. The largest absolute Gasteiger partial charge is 0.492 e. The SMILES string of the molecule is O=C(NCCCc1nc2ccccc2n1CCCCOc1ccccc1Cl)c1cccc(Br)c1. The number of unbranched alkanes of at least 4 members (excludes halogenated alkanes) is 1. The van der Waals surface area contributed by atoms with Gasteiger partial charge in [0.05, 0.1) is 22.7 Å².